The Morgan fingerprint density at radius 1 is 1.11 bits per heavy atom. The zero-order valence-corrected chi connectivity index (χ0v) is 23.4. The number of carbonyl (C=O) groups excluding carboxylic acids is 1. The number of amides is 1. The molecule has 2 saturated carbocycles. The maximum Gasteiger partial charge on any atom is 0.399 e. The molecule has 2 atom stereocenters. The molecule has 0 saturated heterocycles. The van der Waals surface area contributed by atoms with E-state index < -0.39 is 47.8 Å². The molecule has 3 heterocycles. The van der Waals surface area contributed by atoms with Gasteiger partial charge in [-0.3, -0.25) is 9.48 Å². The summed E-state index contributed by atoms with van der Waals surface area (Å²) >= 11 is 0. The van der Waals surface area contributed by atoms with E-state index in [4.69, 9.17) is 9.47 Å². The molecule has 4 aromatic rings. The Balaban J connectivity index is 1.25. The van der Waals surface area contributed by atoms with Gasteiger partial charge in [0.25, 0.3) is 5.91 Å². The van der Waals surface area contributed by atoms with Crippen LogP contribution in [0.15, 0.2) is 42.6 Å². The Bertz CT molecular complexity index is 1800. The van der Waals surface area contributed by atoms with Crippen LogP contribution in [0.25, 0.3) is 22.2 Å². The van der Waals surface area contributed by atoms with E-state index in [0.29, 0.717) is 29.5 Å². The smallest absolute Gasteiger partial charge is 0.399 e. The van der Waals surface area contributed by atoms with Gasteiger partial charge in [-0.1, -0.05) is 0 Å². The van der Waals surface area contributed by atoms with Crippen molar-refractivity contribution in [3.05, 3.63) is 71.1 Å². The number of fused-ring (bicyclic) bond motifs is 2. The number of carbonyl (C=O) groups is 1. The van der Waals surface area contributed by atoms with Gasteiger partial charge in [0.2, 0.25) is 0 Å². The van der Waals surface area contributed by atoms with Gasteiger partial charge in [-0.25, -0.2) is 13.8 Å². The van der Waals surface area contributed by atoms with Crippen molar-refractivity contribution in [1.29, 1.82) is 0 Å². The molecule has 230 valence electrons. The van der Waals surface area contributed by atoms with E-state index in [9.17, 15) is 31.9 Å². The molecule has 0 radical (unpaired) electrons. The van der Waals surface area contributed by atoms with E-state index in [2.05, 4.69) is 15.4 Å². The van der Waals surface area contributed by atoms with Crippen LogP contribution in [0.1, 0.15) is 53.2 Å². The van der Waals surface area contributed by atoms with Crippen LogP contribution in [-0.4, -0.2) is 51.2 Å². The van der Waals surface area contributed by atoms with Crippen LogP contribution in [0.4, 0.5) is 22.0 Å². The van der Waals surface area contributed by atoms with Gasteiger partial charge in [-0.15, -0.1) is 0 Å². The number of aliphatic hydroxyl groups is 1. The van der Waals surface area contributed by atoms with Crippen molar-refractivity contribution in [2.45, 2.75) is 49.5 Å². The second-order valence-electron chi connectivity index (χ2n) is 11.7. The lowest BCUT2D eigenvalue weighted by atomic mass is 9.88. The maximum absolute atomic E-state index is 14.2. The Kier molecular flexibility index (Phi) is 6.57. The minimum absolute atomic E-state index is 0.0139. The van der Waals surface area contributed by atoms with Crippen LogP contribution in [0.2, 0.25) is 0 Å². The van der Waals surface area contributed by atoms with E-state index in [1.54, 1.807) is 30.1 Å². The van der Waals surface area contributed by atoms with E-state index >= 15 is 0 Å². The standard InChI is InChI=1S/C31H27F5N4O4/c1-40-12-17-8-16(10-24(26(17)39-40)44-19-5-6-19)29(41)37-14-30(42,18-3-4-18)25-11-20-21(31(34,35)36)13-43-28(20)27(38-25)15-2-7-22(32)23(33)9-15/h2,7-12,18-19,21,42H,3-6,13-14H2,1H3,(H,37,41)/t21-,30-/m1/s1. The molecule has 2 N–H and O–H groups in total. The van der Waals surface area contributed by atoms with E-state index in [0.717, 1.165) is 31.0 Å². The summed E-state index contributed by atoms with van der Waals surface area (Å²) in [4.78, 5) is 17.9. The van der Waals surface area contributed by atoms with Crippen molar-refractivity contribution in [3.63, 3.8) is 0 Å². The highest BCUT2D eigenvalue weighted by Crippen LogP contribution is 2.51. The number of nitrogens with zero attached hydrogens (tertiary/aromatic N) is 3. The molecule has 2 aromatic carbocycles. The Morgan fingerprint density at radius 3 is 2.57 bits per heavy atom. The molecule has 2 fully saturated rings. The van der Waals surface area contributed by atoms with E-state index in [1.807, 2.05) is 0 Å². The van der Waals surface area contributed by atoms with Crippen molar-refractivity contribution >= 4 is 16.8 Å². The van der Waals surface area contributed by atoms with Crippen molar-refractivity contribution in [2.24, 2.45) is 13.0 Å². The lowest BCUT2D eigenvalue weighted by Gasteiger charge is -2.29. The summed E-state index contributed by atoms with van der Waals surface area (Å²) in [6, 6.07) is 7.22. The average Bonchev–Trinajstić information content (AvgIpc) is 3.90. The third kappa shape index (κ3) is 5.12. The molecule has 3 aliphatic rings. The van der Waals surface area contributed by atoms with Gasteiger partial charge in [0.05, 0.1) is 18.3 Å². The van der Waals surface area contributed by atoms with Crippen LogP contribution in [0, 0.1) is 17.6 Å². The number of hydrogen-bond acceptors (Lipinski definition) is 6. The van der Waals surface area contributed by atoms with Gasteiger partial charge in [0.15, 0.2) is 11.6 Å². The average molecular weight is 615 g/mol. The van der Waals surface area contributed by atoms with Crippen LogP contribution >= 0.6 is 0 Å². The predicted octanol–water partition coefficient (Wildman–Crippen LogP) is 5.52. The zero-order valence-electron chi connectivity index (χ0n) is 23.4. The third-order valence-electron chi connectivity index (χ3n) is 8.34. The van der Waals surface area contributed by atoms with Crippen molar-refractivity contribution < 1.29 is 41.3 Å². The molecule has 1 amide bonds. The first-order chi connectivity index (χ1) is 20.9. The predicted molar refractivity (Wildman–Crippen MR) is 147 cm³/mol. The van der Waals surface area contributed by atoms with Crippen LogP contribution in [0.3, 0.4) is 0 Å². The zero-order chi connectivity index (χ0) is 31.0. The van der Waals surface area contributed by atoms with Gasteiger partial charge in [0.1, 0.15) is 40.8 Å². The molecule has 2 aliphatic carbocycles. The van der Waals surface area contributed by atoms with Crippen LogP contribution in [-0.2, 0) is 12.6 Å². The summed E-state index contributed by atoms with van der Waals surface area (Å²) in [5, 5.41) is 19.8. The first-order valence-corrected chi connectivity index (χ1v) is 14.3. The third-order valence-corrected chi connectivity index (χ3v) is 8.34. The summed E-state index contributed by atoms with van der Waals surface area (Å²) in [5.41, 5.74) is -1.55. The second kappa shape index (κ2) is 10.1. The van der Waals surface area contributed by atoms with Gasteiger partial charge >= 0.3 is 6.18 Å². The minimum atomic E-state index is -4.67. The Labute approximate surface area is 247 Å². The topological polar surface area (TPSA) is 98.5 Å². The first-order valence-electron chi connectivity index (χ1n) is 14.3. The first kappa shape index (κ1) is 28.5. The highest BCUT2D eigenvalue weighted by Gasteiger charge is 2.51. The van der Waals surface area contributed by atoms with Gasteiger partial charge in [0, 0.05) is 35.3 Å². The Morgan fingerprint density at radius 2 is 1.89 bits per heavy atom. The molecule has 0 bridgehead atoms. The number of halogens is 5. The Hall–Kier alpha value is -4.26. The summed E-state index contributed by atoms with van der Waals surface area (Å²) in [5.74, 6) is -5.06. The fourth-order valence-corrected chi connectivity index (χ4v) is 5.68. The fourth-order valence-electron chi connectivity index (χ4n) is 5.68. The molecule has 1 aliphatic heterocycles. The summed E-state index contributed by atoms with van der Waals surface area (Å²) in [7, 11) is 1.75. The number of benzene rings is 2. The minimum Gasteiger partial charge on any atom is -0.490 e. The highest BCUT2D eigenvalue weighted by molar-refractivity contribution is 6.00. The monoisotopic (exact) mass is 614 g/mol. The fraction of sp³-hybridized carbons (Fsp3) is 0.387. The second-order valence-corrected chi connectivity index (χ2v) is 11.7. The molecular formula is C31H27F5N4O4. The number of ether oxygens (including phenoxy) is 2. The normalized spacial score (nSPS) is 19.4. The molecule has 7 rings (SSSR count). The number of alkyl halides is 3. The number of hydrogen-bond donors (Lipinski definition) is 2. The lowest BCUT2D eigenvalue weighted by Crippen LogP contribution is -2.43. The molecule has 44 heavy (non-hydrogen) atoms. The SMILES string of the molecule is Cn1cc2cc(C(=O)NC[C@](O)(c3cc4c(c(-c5ccc(F)c(F)c5)n3)OC[C@H]4C(F)(F)F)C3CC3)cc(OC3CC3)c2n1. The van der Waals surface area contributed by atoms with Gasteiger partial charge < -0.3 is 19.9 Å². The van der Waals surface area contributed by atoms with Crippen molar-refractivity contribution in [3.8, 4) is 22.8 Å². The van der Waals surface area contributed by atoms with E-state index in [-0.39, 0.29) is 46.5 Å². The number of aromatic nitrogens is 3. The molecule has 0 unspecified atom stereocenters. The van der Waals surface area contributed by atoms with Crippen molar-refractivity contribution in [2.75, 3.05) is 13.2 Å². The largest absolute Gasteiger partial charge is 0.490 e. The lowest BCUT2D eigenvalue weighted by molar-refractivity contribution is -0.151. The molecule has 2 aromatic heterocycles. The van der Waals surface area contributed by atoms with E-state index in [1.165, 1.54) is 6.07 Å². The number of nitrogens with one attached hydrogen (secondary N) is 1. The number of pyridine rings is 1. The van der Waals surface area contributed by atoms with Gasteiger partial charge in [-0.2, -0.15) is 18.3 Å². The highest BCUT2D eigenvalue weighted by atomic mass is 19.4. The molecule has 0 spiro atoms. The summed E-state index contributed by atoms with van der Waals surface area (Å²) in [6.45, 7) is -1.08. The summed E-state index contributed by atoms with van der Waals surface area (Å²) in [6.07, 6.45) is 0.0289. The van der Waals surface area contributed by atoms with Crippen LogP contribution in [0.5, 0.6) is 11.5 Å². The summed E-state index contributed by atoms with van der Waals surface area (Å²) < 4.78 is 83.0. The van der Waals surface area contributed by atoms with Crippen LogP contribution < -0.4 is 14.8 Å². The molecule has 13 heteroatoms. The van der Waals surface area contributed by atoms with Gasteiger partial charge in [-0.05, 0) is 68.0 Å². The number of aryl methyl sites for hydroxylation is 1. The quantitative estimate of drug-likeness (QED) is 0.254. The number of rotatable bonds is 8. The molecule has 8 nitrogen and oxygen atoms in total. The maximum atomic E-state index is 14.2. The van der Waals surface area contributed by atoms with Crippen molar-refractivity contribution in [1.82, 2.24) is 20.1 Å². The molecular weight excluding hydrogens is 587 g/mol.